The summed E-state index contributed by atoms with van der Waals surface area (Å²) in [7, 11) is 0. The number of aromatic amines is 2. The Kier molecular flexibility index (Phi) is 16.0. The molecule has 12 heteroatoms. The molecule has 12 aromatic rings. The van der Waals surface area contributed by atoms with Crippen LogP contribution in [0.3, 0.4) is 0 Å². The molecule has 0 unspecified atom stereocenters. The van der Waals surface area contributed by atoms with Crippen molar-refractivity contribution in [1.29, 1.82) is 0 Å². The highest BCUT2D eigenvalue weighted by molar-refractivity contribution is 6.08. The molecule has 0 atom stereocenters. The van der Waals surface area contributed by atoms with Crippen LogP contribution in [0.15, 0.2) is 207 Å². The molecule has 416 valence electrons. The second kappa shape index (κ2) is 25.3. The lowest BCUT2D eigenvalue weighted by atomic mass is 10.0. The maximum Gasteiger partial charge on any atom is 0.125 e. The van der Waals surface area contributed by atoms with Gasteiger partial charge in [-0.3, -0.25) is 19.9 Å². The normalized spacial score (nSPS) is 11.8. The van der Waals surface area contributed by atoms with Crippen LogP contribution in [0.25, 0.3) is 57.2 Å². The lowest BCUT2D eigenvalue weighted by molar-refractivity contribution is 0.295. The molecule has 0 aliphatic carbocycles. The van der Waals surface area contributed by atoms with Crippen LogP contribution in [-0.2, 0) is 25.7 Å². The Morgan fingerprint density at radius 1 is 0.333 bits per heavy atom. The minimum atomic E-state index is 0.518. The van der Waals surface area contributed by atoms with Crippen molar-refractivity contribution in [3.63, 3.8) is 0 Å². The second-order valence-electron chi connectivity index (χ2n) is 21.1. The van der Waals surface area contributed by atoms with Gasteiger partial charge in [0.15, 0.2) is 0 Å². The average molecular weight is 1110 g/mol. The van der Waals surface area contributed by atoms with Gasteiger partial charge in [-0.05, 0) is 171 Å². The first kappa shape index (κ1) is 53.1. The first-order chi connectivity index (χ1) is 41.6. The number of hydrogen-bond donors (Lipinski definition) is 2. The van der Waals surface area contributed by atoms with E-state index in [2.05, 4.69) is 185 Å². The number of benzene rings is 4. The van der Waals surface area contributed by atoms with E-state index in [1.165, 1.54) is 0 Å². The van der Waals surface area contributed by atoms with Crippen LogP contribution in [0.2, 0.25) is 0 Å². The van der Waals surface area contributed by atoms with Gasteiger partial charge in [0.25, 0.3) is 0 Å². The van der Waals surface area contributed by atoms with Gasteiger partial charge in [-0.1, -0.05) is 60.7 Å². The number of rotatable bonds is 22. The molecule has 1 aliphatic heterocycles. The van der Waals surface area contributed by atoms with Crippen molar-refractivity contribution in [2.75, 3.05) is 26.4 Å². The van der Waals surface area contributed by atoms with E-state index in [1.807, 2.05) is 85.5 Å². The summed E-state index contributed by atoms with van der Waals surface area (Å²) in [6, 6.07) is 62.7. The van der Waals surface area contributed by atoms with Crippen molar-refractivity contribution in [2.45, 2.75) is 51.4 Å². The number of nitrogens with zero attached hydrogens (tertiary/aromatic N) is 6. The van der Waals surface area contributed by atoms with Crippen LogP contribution in [0.4, 0.5) is 0 Å². The van der Waals surface area contributed by atoms with E-state index in [0.29, 0.717) is 26.4 Å². The summed E-state index contributed by atoms with van der Waals surface area (Å²) in [5, 5.41) is 8.39. The van der Waals surface area contributed by atoms with Gasteiger partial charge < -0.3 is 38.0 Å². The van der Waals surface area contributed by atoms with Crippen LogP contribution in [0, 0.1) is 0 Å². The molecule has 0 spiro atoms. The highest BCUT2D eigenvalue weighted by Gasteiger charge is 2.17. The minimum Gasteiger partial charge on any atom is -0.493 e. The van der Waals surface area contributed by atoms with Crippen molar-refractivity contribution in [2.24, 2.45) is 0 Å². The van der Waals surface area contributed by atoms with Crippen molar-refractivity contribution in [3.05, 3.63) is 274 Å². The summed E-state index contributed by atoms with van der Waals surface area (Å²) in [5.41, 5.74) is 9.87. The molecular weight excluding hydrogens is 1040 g/mol. The Morgan fingerprint density at radius 3 is 1.14 bits per heavy atom. The van der Waals surface area contributed by atoms with Crippen molar-refractivity contribution in [1.82, 2.24) is 39.0 Å². The van der Waals surface area contributed by atoms with Crippen LogP contribution in [-0.4, -0.2) is 65.5 Å². The van der Waals surface area contributed by atoms with Crippen molar-refractivity contribution >= 4 is 45.8 Å². The fraction of sp³-hybridized carbons (Fsp3) is 0.167. The molecule has 0 fully saturated rings. The smallest absolute Gasteiger partial charge is 0.125 e. The van der Waals surface area contributed by atoms with E-state index in [4.69, 9.17) is 18.9 Å². The number of ether oxygens (including phenoxy) is 4. The molecule has 1 aliphatic rings. The Bertz CT molecular complexity index is 4330. The van der Waals surface area contributed by atoms with Crippen molar-refractivity contribution in [3.8, 4) is 34.4 Å². The van der Waals surface area contributed by atoms with E-state index in [0.717, 1.165) is 174 Å². The van der Waals surface area contributed by atoms with Gasteiger partial charge in [0.2, 0.25) is 0 Å². The first-order valence-electron chi connectivity index (χ1n) is 29.1. The number of fused-ring (bicyclic) bond motifs is 13. The fourth-order valence-electron chi connectivity index (χ4n) is 11.1. The third-order valence-corrected chi connectivity index (χ3v) is 15.1. The highest BCUT2D eigenvalue weighted by atomic mass is 16.5. The Balaban J connectivity index is 0.921. The number of aryl methyl sites for hydroxylation is 4. The third kappa shape index (κ3) is 12.6. The van der Waals surface area contributed by atoms with E-state index in [1.54, 1.807) is 0 Å². The average Bonchev–Trinajstić information content (AvgIpc) is 4.20. The van der Waals surface area contributed by atoms with Gasteiger partial charge in [0.1, 0.15) is 23.0 Å². The van der Waals surface area contributed by atoms with Gasteiger partial charge in [-0.2, -0.15) is 0 Å². The van der Waals surface area contributed by atoms with Gasteiger partial charge in [0.05, 0.1) is 37.8 Å². The van der Waals surface area contributed by atoms with Gasteiger partial charge in [0, 0.05) is 139 Å². The summed E-state index contributed by atoms with van der Waals surface area (Å²) >= 11 is 0. The standard InChI is InChI=1S/C72H64N8O4/c1-2-24-68-51(15-1)25-32-69-70-47-60-30-28-58(79(60)62-43-64(81-37-11-20-52-16-3-7-33-73-52)49-65(44-62)82-38-12-21-53-17-4-8-34-74-53)41-56-26-27-57(77-56)42-59-29-31-61(48-71(78-70)72(68)69)80(59)63-45-66(83-39-13-22-54-18-5-9-35-75-54)50-67(46-63)84-40-14-23-55-19-6-10-36-76-55/h1-10,15-19,24-36,41-50,77-78H,11-14,20-23,37-40H2. The summed E-state index contributed by atoms with van der Waals surface area (Å²) < 4.78 is 31.0. The number of aromatic nitrogens is 8. The zero-order valence-corrected chi connectivity index (χ0v) is 46.7. The topological polar surface area (TPSA) is 130 Å². The molecular formula is C72H64N8O4. The molecule has 0 amide bonds. The van der Waals surface area contributed by atoms with Gasteiger partial charge in [-0.15, -0.1) is 0 Å². The molecule has 9 heterocycles. The monoisotopic (exact) mass is 1100 g/mol. The largest absolute Gasteiger partial charge is 0.493 e. The summed E-state index contributed by atoms with van der Waals surface area (Å²) in [4.78, 5) is 25.9. The molecule has 84 heavy (non-hydrogen) atoms. The van der Waals surface area contributed by atoms with E-state index >= 15 is 0 Å². The molecule has 2 N–H and O–H groups in total. The number of nitrogens with one attached hydrogen (secondary N) is 2. The fourth-order valence-corrected chi connectivity index (χ4v) is 11.1. The Morgan fingerprint density at radius 2 is 0.726 bits per heavy atom. The molecule has 4 aromatic carbocycles. The number of hydrogen-bond acceptors (Lipinski definition) is 8. The predicted molar refractivity (Wildman–Crippen MR) is 333 cm³/mol. The Hall–Kier alpha value is -10.2. The molecule has 0 radical (unpaired) electrons. The van der Waals surface area contributed by atoms with Crippen LogP contribution < -0.4 is 40.3 Å². The quantitative estimate of drug-likeness (QED) is 0.0642. The maximum absolute atomic E-state index is 6.61. The molecule has 8 bridgehead atoms. The molecule has 13 rings (SSSR count). The molecule has 12 nitrogen and oxygen atoms in total. The third-order valence-electron chi connectivity index (χ3n) is 15.1. The van der Waals surface area contributed by atoms with Crippen LogP contribution in [0.1, 0.15) is 71.2 Å². The minimum absolute atomic E-state index is 0.518. The van der Waals surface area contributed by atoms with Crippen LogP contribution in [0.5, 0.6) is 23.0 Å². The maximum atomic E-state index is 6.61. The zero-order valence-electron chi connectivity index (χ0n) is 46.7. The summed E-state index contributed by atoms with van der Waals surface area (Å²) in [6.07, 6.45) is 22.8. The zero-order chi connectivity index (χ0) is 56.3. The molecule has 0 saturated heterocycles. The SMILES string of the molecule is C1=c2ccc([nH]2)=Cc2ccc(n2-c2cc(OCCCc3ccccn3)cc(OCCCc3ccccn3)c2)C=c2[nH]c(c3ccc4ccccc4c23)=Cc2ccc1n2-c1cc(OCCCc2ccccn2)cc(OCCCc2ccccn2)c1. The van der Waals surface area contributed by atoms with Crippen molar-refractivity contribution < 1.29 is 18.9 Å². The number of H-pyrrole nitrogens is 2. The summed E-state index contributed by atoms with van der Waals surface area (Å²) in [5.74, 6) is 2.91. The van der Waals surface area contributed by atoms with Gasteiger partial charge in [-0.25, -0.2) is 0 Å². The lowest BCUT2D eigenvalue weighted by Crippen LogP contribution is -2.14. The Labute approximate surface area is 487 Å². The summed E-state index contributed by atoms with van der Waals surface area (Å²) in [6.45, 7) is 2.07. The van der Waals surface area contributed by atoms with E-state index in [-0.39, 0.29) is 0 Å². The number of pyridine rings is 4. The first-order valence-corrected chi connectivity index (χ1v) is 29.1. The molecule has 8 aromatic heterocycles. The van der Waals surface area contributed by atoms with E-state index < -0.39 is 0 Å². The van der Waals surface area contributed by atoms with Gasteiger partial charge >= 0.3 is 0 Å². The van der Waals surface area contributed by atoms with Crippen LogP contribution >= 0.6 is 0 Å². The second-order valence-corrected chi connectivity index (χ2v) is 21.1. The molecule has 0 saturated carbocycles. The predicted octanol–water partition coefficient (Wildman–Crippen LogP) is 11.5. The highest BCUT2D eigenvalue weighted by Crippen LogP contribution is 2.32. The lowest BCUT2D eigenvalue weighted by Gasteiger charge is -2.16. The van der Waals surface area contributed by atoms with E-state index in [9.17, 15) is 0 Å².